The van der Waals surface area contributed by atoms with Crippen LogP contribution in [0.5, 0.6) is 11.5 Å². The van der Waals surface area contributed by atoms with Gasteiger partial charge < -0.3 is 48.0 Å². The molecule has 0 saturated carbocycles. The lowest BCUT2D eigenvalue weighted by atomic mass is 9.92. The minimum atomic E-state index is -1.57. The molecule has 2 aromatic carbocycles. The van der Waals surface area contributed by atoms with Crippen molar-refractivity contribution in [2.75, 3.05) is 28.2 Å². The monoisotopic (exact) mass is 1280 g/mol. The zero-order chi connectivity index (χ0) is 69.0. The fourth-order valence-electron chi connectivity index (χ4n) is 11.2. The standard InChI is InChI=1S/C70H104N8O14/c1-41(2)31-55-65(83)89-47(13)61(79)73(19)58(34-44(7)8)68(86)92-60(36-50-25-29-52(30-26-50)70(17,18)78-40-54(38-72-78)88-46(11)12)64(82)76(22)56(32-42(3)4)66(84)90-48(14)62(80)74(20)57(33-43(5)6)67(85)91-59(63(81)75(55)21)35-49-23-27-51(28-24-49)69(15,16)77-39-53(37-71-77)87-45(9)10/h23-30,37-48,55-60H,31-36H2,1-22H3/t47-,48-,55+,56+,57+,58+,59-,60-/m1/s1. The largest absolute Gasteiger partial charge is 0.488 e. The summed E-state index contributed by atoms with van der Waals surface area (Å²) in [6.45, 7) is 33.2. The molecule has 0 spiro atoms. The van der Waals surface area contributed by atoms with Gasteiger partial charge in [0.05, 0.1) is 48.1 Å². The van der Waals surface area contributed by atoms with Crippen molar-refractivity contribution < 1.29 is 66.8 Å². The number of benzene rings is 2. The predicted octanol–water partition coefficient (Wildman–Crippen LogP) is 9.20. The summed E-state index contributed by atoms with van der Waals surface area (Å²) in [7, 11) is 5.57. The molecule has 3 heterocycles. The van der Waals surface area contributed by atoms with Crippen LogP contribution in [-0.4, -0.2) is 176 Å². The Morgan fingerprint density at radius 3 is 0.935 bits per heavy atom. The number of rotatable bonds is 20. The minimum absolute atomic E-state index is 0.0559. The Morgan fingerprint density at radius 2 is 0.674 bits per heavy atom. The highest BCUT2D eigenvalue weighted by Crippen LogP contribution is 2.31. The summed E-state index contributed by atoms with van der Waals surface area (Å²) in [5.41, 5.74) is 1.58. The van der Waals surface area contributed by atoms with Gasteiger partial charge in [-0.05, 0) is 141 Å². The molecule has 1 fully saturated rings. The van der Waals surface area contributed by atoms with Gasteiger partial charge in [-0.2, -0.15) is 10.2 Å². The molecule has 22 nitrogen and oxygen atoms in total. The van der Waals surface area contributed by atoms with Crippen LogP contribution in [0.2, 0.25) is 0 Å². The van der Waals surface area contributed by atoms with Crippen molar-refractivity contribution in [2.45, 2.75) is 235 Å². The fourth-order valence-corrected chi connectivity index (χ4v) is 11.2. The summed E-state index contributed by atoms with van der Waals surface area (Å²) in [5.74, 6) is -6.43. The first-order valence-corrected chi connectivity index (χ1v) is 32.3. The van der Waals surface area contributed by atoms with Crippen LogP contribution in [0.4, 0.5) is 0 Å². The maximum absolute atomic E-state index is 15.2. The molecule has 92 heavy (non-hydrogen) atoms. The number of carbonyl (C=O) groups excluding carboxylic acids is 8. The molecule has 0 N–H and O–H groups in total. The summed E-state index contributed by atoms with van der Waals surface area (Å²) >= 11 is 0. The van der Waals surface area contributed by atoms with E-state index in [9.17, 15) is 28.8 Å². The first-order chi connectivity index (χ1) is 42.8. The Bertz CT molecular complexity index is 2920. The Balaban J connectivity index is 1.60. The average molecular weight is 1280 g/mol. The smallest absolute Gasteiger partial charge is 0.329 e. The third-order valence-electron chi connectivity index (χ3n) is 16.6. The first kappa shape index (κ1) is 74.9. The molecule has 508 valence electrons. The number of hydrogen-bond donors (Lipinski definition) is 0. The third kappa shape index (κ3) is 19.6. The van der Waals surface area contributed by atoms with E-state index in [4.69, 9.17) is 28.4 Å². The number of aromatic nitrogens is 4. The molecule has 4 aromatic rings. The molecule has 0 aliphatic carbocycles. The van der Waals surface area contributed by atoms with E-state index in [2.05, 4.69) is 10.2 Å². The fraction of sp³-hybridized carbons (Fsp3) is 0.629. The van der Waals surface area contributed by atoms with E-state index in [0.29, 0.717) is 22.6 Å². The lowest BCUT2D eigenvalue weighted by Gasteiger charge is -2.35. The molecule has 2 aromatic heterocycles. The highest BCUT2D eigenvalue weighted by atomic mass is 16.6. The predicted molar refractivity (Wildman–Crippen MR) is 348 cm³/mol. The van der Waals surface area contributed by atoms with Crippen LogP contribution in [0.3, 0.4) is 0 Å². The molecule has 1 saturated heterocycles. The average Bonchev–Trinajstić information content (AvgIpc) is 1.46. The Kier molecular flexibility index (Phi) is 26.2. The van der Waals surface area contributed by atoms with Crippen molar-refractivity contribution in [3.05, 3.63) is 95.6 Å². The maximum Gasteiger partial charge on any atom is 0.329 e. The van der Waals surface area contributed by atoms with Gasteiger partial charge in [-0.25, -0.2) is 19.2 Å². The quantitative estimate of drug-likeness (QED) is 0.0591. The SMILES string of the molecule is CC(C)C[C@H]1C(=O)O[C@H](Cc2ccc(C(C)(C)n3cc(OC(C)C)cn3)cc2)C(=O)N(C)[C@@H](CC(C)C)C(=O)O[C@H](C)C(=O)N(C)[C@@H](CC(C)C)C(=O)O[C@H](Cc2ccc(C(C)(C)n3cc(OC(C)C)cn3)cc2)C(=O)N(C)[C@@H](CC(C)C)C(=O)O[C@H](C)C(=O)N1C. The number of hydrogen-bond acceptors (Lipinski definition) is 16. The maximum atomic E-state index is 15.2. The summed E-state index contributed by atoms with van der Waals surface area (Å²) in [6, 6.07) is 9.51. The van der Waals surface area contributed by atoms with E-state index in [1.807, 2.05) is 172 Å². The Morgan fingerprint density at radius 1 is 0.413 bits per heavy atom. The van der Waals surface area contributed by atoms with Crippen molar-refractivity contribution in [1.82, 2.24) is 39.2 Å². The van der Waals surface area contributed by atoms with Gasteiger partial charge in [0.2, 0.25) is 0 Å². The molecular formula is C70H104N8O14. The van der Waals surface area contributed by atoms with Crippen LogP contribution in [-0.2, 0) is 81.2 Å². The summed E-state index contributed by atoms with van der Waals surface area (Å²) in [5, 5.41) is 9.13. The molecule has 0 radical (unpaired) electrons. The van der Waals surface area contributed by atoms with Gasteiger partial charge in [-0.3, -0.25) is 28.5 Å². The second-order valence-corrected chi connectivity index (χ2v) is 27.9. The Labute approximate surface area is 545 Å². The van der Waals surface area contributed by atoms with Crippen LogP contribution in [0.25, 0.3) is 0 Å². The number of carbonyl (C=O) groups is 8. The lowest BCUT2D eigenvalue weighted by molar-refractivity contribution is -0.176. The number of esters is 4. The van der Waals surface area contributed by atoms with Crippen LogP contribution in [0.15, 0.2) is 73.3 Å². The van der Waals surface area contributed by atoms with Crippen molar-refractivity contribution >= 4 is 47.5 Å². The first-order valence-electron chi connectivity index (χ1n) is 32.3. The highest BCUT2D eigenvalue weighted by Gasteiger charge is 2.43. The highest BCUT2D eigenvalue weighted by molar-refractivity contribution is 5.94. The number of nitrogens with zero attached hydrogens (tertiary/aromatic N) is 8. The number of amides is 4. The zero-order valence-electron chi connectivity index (χ0n) is 58.5. The van der Waals surface area contributed by atoms with Crippen molar-refractivity contribution in [1.29, 1.82) is 0 Å². The number of likely N-dealkylation sites (N-methyl/N-ethyl adjacent to an activating group) is 4. The second-order valence-electron chi connectivity index (χ2n) is 27.9. The van der Waals surface area contributed by atoms with Gasteiger partial charge in [-0.1, -0.05) is 104 Å². The van der Waals surface area contributed by atoms with Gasteiger partial charge in [0.1, 0.15) is 24.2 Å². The molecule has 1 aliphatic heterocycles. The van der Waals surface area contributed by atoms with Crippen molar-refractivity contribution in [3.63, 3.8) is 0 Å². The Hall–Kier alpha value is -7.78. The van der Waals surface area contributed by atoms with E-state index in [-0.39, 0.29) is 74.4 Å². The summed E-state index contributed by atoms with van der Waals surface area (Å²) in [4.78, 5) is 124. The third-order valence-corrected chi connectivity index (χ3v) is 16.6. The zero-order valence-corrected chi connectivity index (χ0v) is 58.5. The van der Waals surface area contributed by atoms with Crippen LogP contribution in [0, 0.1) is 23.7 Å². The van der Waals surface area contributed by atoms with Gasteiger partial charge in [0, 0.05) is 41.0 Å². The molecule has 1 aliphatic rings. The van der Waals surface area contributed by atoms with E-state index in [0.717, 1.165) is 30.7 Å². The van der Waals surface area contributed by atoms with E-state index in [1.54, 1.807) is 21.8 Å². The van der Waals surface area contributed by atoms with Crippen molar-refractivity contribution in [3.8, 4) is 11.5 Å². The van der Waals surface area contributed by atoms with Gasteiger partial charge in [0.15, 0.2) is 35.9 Å². The molecule has 4 amide bonds. The van der Waals surface area contributed by atoms with E-state index < -0.39 is 107 Å². The summed E-state index contributed by atoms with van der Waals surface area (Å²) < 4.78 is 39.8. The molecule has 0 bridgehead atoms. The molecule has 22 heteroatoms. The molecular weight excluding hydrogens is 1180 g/mol. The summed E-state index contributed by atoms with van der Waals surface area (Å²) in [6.07, 6.45) is 0.565. The van der Waals surface area contributed by atoms with Crippen molar-refractivity contribution in [2.24, 2.45) is 23.7 Å². The van der Waals surface area contributed by atoms with E-state index >= 15 is 9.59 Å². The van der Waals surface area contributed by atoms with Gasteiger partial charge in [-0.15, -0.1) is 0 Å². The minimum Gasteiger partial charge on any atom is -0.488 e. The van der Waals surface area contributed by atoms with Crippen LogP contribution in [0.1, 0.15) is 173 Å². The topological polar surface area (TPSA) is 241 Å². The van der Waals surface area contributed by atoms with Crippen LogP contribution < -0.4 is 9.47 Å². The number of cyclic esters (lactones) is 4. The van der Waals surface area contributed by atoms with Gasteiger partial charge in [0.25, 0.3) is 23.6 Å². The molecule has 8 atom stereocenters. The lowest BCUT2D eigenvalue weighted by Crippen LogP contribution is -2.55. The normalized spacial score (nSPS) is 22.2. The number of ether oxygens (including phenoxy) is 6. The van der Waals surface area contributed by atoms with Gasteiger partial charge >= 0.3 is 23.9 Å². The van der Waals surface area contributed by atoms with E-state index in [1.165, 1.54) is 42.0 Å². The second kappa shape index (κ2) is 32.2. The van der Waals surface area contributed by atoms with Crippen LogP contribution >= 0.6 is 0 Å². The molecule has 0 unspecified atom stereocenters. The molecule has 5 rings (SSSR count).